The third kappa shape index (κ3) is 9.83. The van der Waals surface area contributed by atoms with Gasteiger partial charge < -0.3 is 35.0 Å². The highest BCUT2D eigenvalue weighted by Gasteiger charge is 2.57. The number of likely N-dealkylation sites (N-methyl/N-ethyl adjacent to an activating group) is 2. The van der Waals surface area contributed by atoms with Gasteiger partial charge in [0.15, 0.2) is 0 Å². The van der Waals surface area contributed by atoms with Crippen molar-refractivity contribution in [3.05, 3.63) is 96.8 Å². The van der Waals surface area contributed by atoms with Gasteiger partial charge in [0.25, 0.3) is 0 Å². The van der Waals surface area contributed by atoms with E-state index in [-0.39, 0.29) is 42.5 Å². The maximum atomic E-state index is 14.3. The van der Waals surface area contributed by atoms with Crippen LogP contribution in [-0.4, -0.2) is 127 Å². The molecule has 11 nitrogen and oxygen atoms in total. The molecule has 2 saturated heterocycles. The van der Waals surface area contributed by atoms with Crippen LogP contribution in [0.15, 0.2) is 85.7 Å². The molecule has 5 aliphatic rings. The first-order valence-electron chi connectivity index (χ1n) is 20.5. The fourth-order valence-corrected chi connectivity index (χ4v) is 9.57. The number of nitrogens with one attached hydrogen (secondary N) is 1. The molecule has 3 aliphatic carbocycles. The number of aliphatic hydroxyl groups is 2. The summed E-state index contributed by atoms with van der Waals surface area (Å²) in [4.78, 5) is 40.6. The average Bonchev–Trinajstić information content (AvgIpc) is 3.55. The Balaban J connectivity index is 1.43. The Hall–Kier alpha value is -4.00. The third-order valence-corrected chi connectivity index (χ3v) is 13.2. The smallest absolute Gasteiger partial charge is 0.246 e. The lowest BCUT2D eigenvalue weighted by atomic mass is 9.45. The molecule has 3 saturated carbocycles. The van der Waals surface area contributed by atoms with Crippen LogP contribution in [0.3, 0.4) is 0 Å². The van der Waals surface area contributed by atoms with E-state index in [0.29, 0.717) is 30.0 Å². The van der Waals surface area contributed by atoms with E-state index in [2.05, 4.69) is 57.3 Å². The van der Waals surface area contributed by atoms with Gasteiger partial charge >= 0.3 is 0 Å². The second-order valence-electron chi connectivity index (χ2n) is 17.3. The lowest BCUT2D eigenvalue weighted by molar-refractivity contribution is -0.183. The summed E-state index contributed by atoms with van der Waals surface area (Å²) in [7, 11) is 7.50. The fourth-order valence-electron chi connectivity index (χ4n) is 9.57. The van der Waals surface area contributed by atoms with E-state index >= 15 is 0 Å². The van der Waals surface area contributed by atoms with Crippen molar-refractivity contribution in [3.63, 3.8) is 0 Å². The number of benzene rings is 1. The van der Waals surface area contributed by atoms with Crippen molar-refractivity contribution < 1.29 is 29.4 Å². The predicted molar refractivity (Wildman–Crippen MR) is 227 cm³/mol. The first-order valence-corrected chi connectivity index (χ1v) is 20.5. The molecule has 0 aromatic heterocycles. The molecule has 312 valence electrons. The fraction of sp³-hybridized carbons (Fsp3) is 0.565. The zero-order chi connectivity index (χ0) is 41.6. The number of hydroxylamine groups is 2. The summed E-state index contributed by atoms with van der Waals surface area (Å²) in [5.41, 5.74) is 3.20. The van der Waals surface area contributed by atoms with Crippen LogP contribution in [-0.2, 0) is 21.0 Å². The number of rotatable bonds is 16. The number of amides is 2. The van der Waals surface area contributed by atoms with Gasteiger partial charge in [0.2, 0.25) is 11.8 Å². The standard InChI is InChI=1S/C46H67N5O6/c1-11-12-13-14-15-18-36-28-49(9)22-23-50(36)41(54)21-20-33(24-30(2)48(7)8)37-19-16-17-34(44(37)56-10)27-51-43(42(32(4)53)40(29-52)57-51)45(55)47-39-26-35-25-38(31(39)3)46(35,5)6/h11-17,19-21,24,31-32,35-36,38-40,42-43,52-53H,1-2,18,22-23,25-29H2,3-10H3,(H,47,55)/t31-,32-,35+,36-,38-,39-,40-,42+,43-/m0/s1. The van der Waals surface area contributed by atoms with Crippen LogP contribution in [0.1, 0.15) is 58.1 Å². The van der Waals surface area contributed by atoms with Crippen molar-refractivity contribution in [2.75, 3.05) is 54.5 Å². The van der Waals surface area contributed by atoms with Crippen LogP contribution in [0.5, 0.6) is 5.75 Å². The molecule has 9 atom stereocenters. The molecule has 57 heavy (non-hydrogen) atoms. The van der Waals surface area contributed by atoms with Gasteiger partial charge in [-0.25, -0.2) is 0 Å². The zero-order valence-electron chi connectivity index (χ0n) is 35.4. The monoisotopic (exact) mass is 786 g/mol. The Morgan fingerprint density at radius 2 is 1.91 bits per heavy atom. The summed E-state index contributed by atoms with van der Waals surface area (Å²) in [5, 5.41) is 26.3. The Morgan fingerprint density at radius 3 is 2.54 bits per heavy atom. The second-order valence-corrected chi connectivity index (χ2v) is 17.3. The summed E-state index contributed by atoms with van der Waals surface area (Å²) < 4.78 is 6.11. The number of hydrogen-bond acceptors (Lipinski definition) is 9. The van der Waals surface area contributed by atoms with Gasteiger partial charge in [-0.2, -0.15) is 5.06 Å². The molecule has 0 spiro atoms. The number of carbonyl (C=O) groups excluding carboxylic acids is 2. The van der Waals surface area contributed by atoms with Crippen molar-refractivity contribution in [1.29, 1.82) is 0 Å². The van der Waals surface area contributed by atoms with Gasteiger partial charge in [0, 0.05) is 74.6 Å². The normalized spacial score (nSPS) is 29.8. The van der Waals surface area contributed by atoms with Crippen LogP contribution < -0.4 is 10.1 Å². The van der Waals surface area contributed by atoms with Gasteiger partial charge in [-0.15, -0.1) is 0 Å². The number of nitrogens with zero attached hydrogens (tertiary/aromatic N) is 4. The van der Waals surface area contributed by atoms with Crippen molar-refractivity contribution in [2.45, 2.75) is 83.8 Å². The van der Waals surface area contributed by atoms with Crippen molar-refractivity contribution in [3.8, 4) is 5.75 Å². The van der Waals surface area contributed by atoms with Crippen LogP contribution in [0.2, 0.25) is 0 Å². The van der Waals surface area contributed by atoms with Crippen LogP contribution in [0.4, 0.5) is 0 Å². The number of allylic oxidation sites excluding steroid dienone is 7. The van der Waals surface area contributed by atoms with Gasteiger partial charge in [0.05, 0.1) is 26.4 Å². The number of fused-ring (bicyclic) bond motifs is 2. The molecule has 0 unspecified atom stereocenters. The number of aliphatic hydroxyl groups excluding tert-OH is 2. The quantitative estimate of drug-likeness (QED) is 0.154. The lowest BCUT2D eigenvalue weighted by Crippen LogP contribution is -2.62. The second kappa shape index (κ2) is 19.2. The Labute approximate surface area is 341 Å². The maximum Gasteiger partial charge on any atom is 0.246 e. The number of ether oxygens (including phenoxy) is 1. The molecule has 2 amide bonds. The van der Waals surface area contributed by atoms with E-state index in [4.69, 9.17) is 9.57 Å². The van der Waals surface area contributed by atoms with Crippen LogP contribution in [0, 0.1) is 29.1 Å². The number of piperazine rings is 1. The molecule has 5 fully saturated rings. The average molecular weight is 786 g/mol. The highest BCUT2D eigenvalue weighted by Crippen LogP contribution is 2.61. The summed E-state index contributed by atoms with van der Waals surface area (Å²) in [6, 6.07) is 4.97. The Morgan fingerprint density at radius 1 is 1.16 bits per heavy atom. The number of hydrogen-bond donors (Lipinski definition) is 3. The SMILES string of the molecule is C=CC=CC=CC[C@H]1CN(C)CCN1C(=O)C=CC(=CC(=C)N(C)C)c1cccc(CN2O[C@@H](CO)[C@@H]([C@H](C)O)[C@H]2C(=O)N[C@H]2C[C@H]3C[C@@H]([C@@H]2C)C3(C)C)c1OC. The summed E-state index contributed by atoms with van der Waals surface area (Å²) in [5.74, 6) is 1.05. The highest BCUT2D eigenvalue weighted by molar-refractivity contribution is 5.92. The molecule has 11 heteroatoms. The van der Waals surface area contributed by atoms with E-state index in [1.807, 2.05) is 72.5 Å². The number of para-hydroxylation sites is 1. The van der Waals surface area contributed by atoms with Gasteiger partial charge in [-0.3, -0.25) is 14.4 Å². The van der Waals surface area contributed by atoms with Gasteiger partial charge in [0.1, 0.15) is 17.9 Å². The molecule has 1 aromatic carbocycles. The van der Waals surface area contributed by atoms with Crippen LogP contribution >= 0.6 is 0 Å². The zero-order valence-corrected chi connectivity index (χ0v) is 35.4. The molecule has 2 bridgehead atoms. The Bertz CT molecular complexity index is 1730. The summed E-state index contributed by atoms with van der Waals surface area (Å²) in [6.45, 7) is 18.5. The van der Waals surface area contributed by atoms with E-state index in [1.165, 1.54) is 6.42 Å². The Kier molecular flexibility index (Phi) is 14.8. The van der Waals surface area contributed by atoms with E-state index < -0.39 is 24.2 Å². The minimum Gasteiger partial charge on any atom is -0.496 e. The van der Waals surface area contributed by atoms with Crippen LogP contribution in [0.25, 0.3) is 5.57 Å². The maximum absolute atomic E-state index is 14.3. The molecule has 6 rings (SSSR count). The van der Waals surface area contributed by atoms with E-state index in [9.17, 15) is 19.8 Å². The first-order chi connectivity index (χ1) is 27.1. The third-order valence-electron chi connectivity index (χ3n) is 13.2. The largest absolute Gasteiger partial charge is 0.496 e. The molecule has 0 radical (unpaired) electrons. The molecule has 1 aromatic rings. The summed E-state index contributed by atoms with van der Waals surface area (Å²) in [6.07, 6.45) is 16.1. The topological polar surface area (TPSA) is 118 Å². The number of methoxy groups -OCH3 is 1. The van der Waals surface area contributed by atoms with Gasteiger partial charge in [-0.1, -0.05) is 82.5 Å². The minimum absolute atomic E-state index is 0.0222. The molecular weight excluding hydrogens is 719 g/mol. The molecule has 2 aliphatic heterocycles. The van der Waals surface area contributed by atoms with Crippen molar-refractivity contribution >= 4 is 17.4 Å². The summed E-state index contributed by atoms with van der Waals surface area (Å²) >= 11 is 0. The molecule has 2 heterocycles. The highest BCUT2D eigenvalue weighted by atomic mass is 16.7. The van der Waals surface area contributed by atoms with E-state index in [0.717, 1.165) is 48.3 Å². The van der Waals surface area contributed by atoms with E-state index in [1.54, 1.807) is 31.2 Å². The predicted octanol–water partition coefficient (Wildman–Crippen LogP) is 5.20. The minimum atomic E-state index is -0.911. The lowest BCUT2D eigenvalue weighted by Gasteiger charge is -2.62. The first kappa shape index (κ1) is 44.1. The van der Waals surface area contributed by atoms with Crippen molar-refractivity contribution in [1.82, 2.24) is 25.1 Å². The molecule has 3 N–H and O–H groups in total. The molecular formula is C46H67N5O6. The van der Waals surface area contributed by atoms with Gasteiger partial charge in [-0.05, 0) is 74.1 Å². The van der Waals surface area contributed by atoms with Crippen molar-refractivity contribution in [2.24, 2.45) is 29.1 Å². The number of carbonyl (C=O) groups is 2.